The molecule has 0 amide bonds. The van der Waals surface area contributed by atoms with E-state index in [4.69, 9.17) is 4.42 Å². The third-order valence-corrected chi connectivity index (χ3v) is 26.6. The Morgan fingerprint density at radius 2 is 0.516 bits per heavy atom. The topological polar surface area (TPSA) is 32.9 Å². The van der Waals surface area contributed by atoms with Gasteiger partial charge in [0.1, 0.15) is 11.2 Å². The van der Waals surface area contributed by atoms with E-state index in [1.165, 1.54) is 190 Å². The predicted octanol–water partition coefficient (Wildman–Crippen LogP) is 32.3. The first kappa shape index (κ1) is 69.3. The lowest BCUT2D eigenvalue weighted by atomic mass is 9.97. The number of benzene rings is 20. The summed E-state index contributed by atoms with van der Waals surface area (Å²) in [5.74, 6) is 0. The molecule has 6 heterocycles. The molecule has 5 nitrogen and oxygen atoms in total. The first-order valence-electron chi connectivity index (χ1n) is 41.8. The quantitative estimate of drug-likeness (QED) is 0.134. The van der Waals surface area contributed by atoms with Crippen LogP contribution in [0.15, 0.2) is 441 Å². The van der Waals surface area contributed by atoms with Crippen LogP contribution in [-0.4, -0.2) is 18.3 Å². The zero-order valence-electron chi connectivity index (χ0n) is 66.2. The largest absolute Gasteiger partial charge is 0.455 e. The summed E-state index contributed by atoms with van der Waals surface area (Å²) in [6.45, 7) is 0. The van der Waals surface area contributed by atoms with Gasteiger partial charge < -0.3 is 22.7 Å². The Bertz CT molecular complexity index is 8750. The van der Waals surface area contributed by atoms with E-state index in [9.17, 15) is 0 Å². The molecule has 0 saturated carbocycles. The minimum atomic E-state index is 0.909. The SMILES string of the molecule is c1ccc(-n2c3ccc(-c4ccc(-c5ccc6c(c5)c5ccccc5n6-c5ccc6ccccc6c5)cc4)cc3c3cc(-c4cccc5c4sc4ccccc45)ccc32)cc1.c1ccc(-n2c3ccc(-c4ccc(-c5ccc6c(c5)c5ccccc5n6-c5ccc6ccccc6c5)cc4)cc3c3ccc(-c4cccc5c4oc4ccccc45)cc32)cc1. The highest BCUT2D eigenvalue weighted by atomic mass is 32.1. The zero-order chi connectivity index (χ0) is 80.0. The maximum Gasteiger partial charge on any atom is 0.143 e. The highest BCUT2D eigenvalue weighted by Gasteiger charge is 2.23. The van der Waals surface area contributed by atoms with Crippen molar-refractivity contribution in [3.8, 4) is 89.5 Å². The van der Waals surface area contributed by atoms with Crippen molar-refractivity contribution in [3.05, 3.63) is 437 Å². The predicted molar refractivity (Wildman–Crippen MR) is 518 cm³/mol. The smallest absolute Gasteiger partial charge is 0.143 e. The summed E-state index contributed by atoms with van der Waals surface area (Å²) < 4.78 is 18.8. The molecule has 6 heteroatoms. The summed E-state index contributed by atoms with van der Waals surface area (Å²) in [6.07, 6.45) is 0. The number of nitrogens with zero attached hydrogens (tertiary/aromatic N) is 4. The van der Waals surface area contributed by atoms with Crippen LogP contribution in [0.4, 0.5) is 0 Å². The zero-order valence-corrected chi connectivity index (χ0v) is 67.0. The number of rotatable bonds is 10. The van der Waals surface area contributed by atoms with E-state index >= 15 is 0 Å². The first-order valence-corrected chi connectivity index (χ1v) is 42.6. The molecule has 0 unspecified atom stereocenters. The average molecular weight is 1570 g/mol. The number of thiophene rings is 1. The van der Waals surface area contributed by atoms with Crippen molar-refractivity contribution in [2.75, 3.05) is 0 Å². The van der Waals surface area contributed by atoms with Crippen LogP contribution in [0, 0.1) is 0 Å². The fourth-order valence-electron chi connectivity index (χ4n) is 19.6. The van der Waals surface area contributed by atoms with E-state index in [1.54, 1.807) is 0 Å². The van der Waals surface area contributed by atoms with Crippen LogP contribution in [0.3, 0.4) is 0 Å². The molecule has 0 spiro atoms. The maximum absolute atomic E-state index is 6.48. The summed E-state index contributed by atoms with van der Waals surface area (Å²) in [5.41, 5.74) is 30.4. The number of furan rings is 1. The van der Waals surface area contributed by atoms with Gasteiger partial charge in [0.05, 0.1) is 44.1 Å². The highest BCUT2D eigenvalue weighted by Crippen LogP contribution is 2.47. The van der Waals surface area contributed by atoms with E-state index in [2.05, 4.69) is 443 Å². The molecule has 0 N–H and O–H groups in total. The average Bonchev–Trinajstić information content (AvgIpc) is 1.59. The van der Waals surface area contributed by atoms with Crippen LogP contribution in [-0.2, 0) is 0 Å². The number of fused-ring (bicyclic) bond motifs is 20. The van der Waals surface area contributed by atoms with Gasteiger partial charge in [-0.05, 0) is 222 Å². The van der Waals surface area contributed by atoms with Crippen molar-refractivity contribution in [1.29, 1.82) is 0 Å². The van der Waals surface area contributed by atoms with Gasteiger partial charge >= 0.3 is 0 Å². The minimum Gasteiger partial charge on any atom is -0.455 e. The molecule has 0 radical (unpaired) electrons. The van der Waals surface area contributed by atoms with E-state index < -0.39 is 0 Å². The van der Waals surface area contributed by atoms with E-state index in [0.29, 0.717) is 0 Å². The van der Waals surface area contributed by atoms with Gasteiger partial charge in [0.2, 0.25) is 0 Å². The molecule has 0 fully saturated rings. The molecule has 0 aliphatic rings. The summed E-state index contributed by atoms with van der Waals surface area (Å²) in [5, 5.41) is 19.9. The van der Waals surface area contributed by atoms with Gasteiger partial charge in [-0.1, -0.05) is 297 Å². The van der Waals surface area contributed by atoms with Crippen LogP contribution >= 0.6 is 11.3 Å². The molecular weight excluding hydrogens is 1500 g/mol. The van der Waals surface area contributed by atoms with Gasteiger partial charge in [0.25, 0.3) is 0 Å². The molecule has 568 valence electrons. The van der Waals surface area contributed by atoms with E-state index in [0.717, 1.165) is 50.0 Å². The molecule has 26 aromatic rings. The summed E-state index contributed by atoms with van der Waals surface area (Å²) >= 11 is 1.89. The monoisotopic (exact) mass is 1570 g/mol. The van der Waals surface area contributed by atoms with Crippen LogP contribution in [0.25, 0.3) is 240 Å². The normalized spacial score (nSPS) is 11.9. The number of aromatic nitrogens is 4. The third kappa shape index (κ3) is 11.2. The Labute approximate surface area is 706 Å². The molecule has 26 rings (SSSR count). The maximum atomic E-state index is 6.48. The van der Waals surface area contributed by atoms with E-state index in [1.807, 2.05) is 23.5 Å². The van der Waals surface area contributed by atoms with Crippen LogP contribution < -0.4 is 0 Å². The second-order valence-electron chi connectivity index (χ2n) is 32.2. The van der Waals surface area contributed by atoms with Crippen molar-refractivity contribution in [1.82, 2.24) is 18.3 Å². The third-order valence-electron chi connectivity index (χ3n) is 25.4. The van der Waals surface area contributed by atoms with Crippen molar-refractivity contribution in [2.24, 2.45) is 0 Å². The second kappa shape index (κ2) is 27.9. The van der Waals surface area contributed by atoms with Crippen molar-refractivity contribution in [2.45, 2.75) is 0 Å². The molecule has 6 aromatic heterocycles. The van der Waals surface area contributed by atoms with Crippen molar-refractivity contribution < 1.29 is 4.42 Å². The molecule has 0 aliphatic heterocycles. The molecule has 0 bridgehead atoms. The Morgan fingerprint density at radius 3 is 1.03 bits per heavy atom. The first-order chi connectivity index (χ1) is 60.5. The van der Waals surface area contributed by atoms with Crippen LogP contribution in [0.2, 0.25) is 0 Å². The highest BCUT2D eigenvalue weighted by molar-refractivity contribution is 7.26. The molecule has 20 aromatic carbocycles. The lowest BCUT2D eigenvalue weighted by Crippen LogP contribution is -1.93. The van der Waals surface area contributed by atoms with Gasteiger partial charge in [-0.2, -0.15) is 0 Å². The van der Waals surface area contributed by atoms with E-state index in [-0.39, 0.29) is 0 Å². The Kier molecular flexibility index (Phi) is 15.8. The fourth-order valence-corrected chi connectivity index (χ4v) is 20.8. The lowest BCUT2D eigenvalue weighted by Gasteiger charge is -2.10. The number of hydrogen-bond donors (Lipinski definition) is 0. The molecule has 122 heavy (non-hydrogen) atoms. The Balaban J connectivity index is 0.000000134. The fraction of sp³-hybridized carbons (Fsp3) is 0. The van der Waals surface area contributed by atoms with Crippen molar-refractivity contribution >= 4 is 162 Å². The molecule has 0 atom stereocenters. The summed E-state index contributed by atoms with van der Waals surface area (Å²) in [4.78, 5) is 0. The van der Waals surface area contributed by atoms with Gasteiger partial charge in [-0.25, -0.2) is 0 Å². The lowest BCUT2D eigenvalue weighted by molar-refractivity contribution is 0.670. The summed E-state index contributed by atoms with van der Waals surface area (Å²) in [6, 6.07) is 160. The molecule has 0 aliphatic carbocycles. The number of para-hydroxylation sites is 6. The second-order valence-corrected chi connectivity index (χ2v) is 33.3. The van der Waals surface area contributed by atoms with Gasteiger partial charge in [-0.15, -0.1) is 11.3 Å². The molecule has 0 saturated heterocycles. The number of hydrogen-bond acceptors (Lipinski definition) is 2. The van der Waals surface area contributed by atoms with Crippen LogP contribution in [0.1, 0.15) is 0 Å². The van der Waals surface area contributed by atoms with Gasteiger partial charge in [0.15, 0.2) is 0 Å². The molecular formula is C116H72N4OS. The summed E-state index contributed by atoms with van der Waals surface area (Å²) in [7, 11) is 0. The van der Waals surface area contributed by atoms with Gasteiger partial charge in [0, 0.05) is 102 Å². The minimum absolute atomic E-state index is 0.909. The Hall–Kier alpha value is -15.9. The Morgan fingerprint density at radius 1 is 0.172 bits per heavy atom. The van der Waals surface area contributed by atoms with Crippen LogP contribution in [0.5, 0.6) is 0 Å². The van der Waals surface area contributed by atoms with Gasteiger partial charge in [-0.3, -0.25) is 0 Å². The standard InChI is InChI=1S/C58H36N2O.C58H36N2S/c1-2-13-44(14-3-1)59-54-31-27-42(35-52(54)48-30-26-43(36-56(48)59)46-17-10-18-50-49-16-7-9-20-57(49)61-58(46)50)39-23-21-38(22-24-39)41-28-32-55-51(34-41)47-15-6-8-19-53(47)60(55)45-29-25-37-11-4-5-12-40(37)33-45;1-2-13-44(14-3-1)59-55-31-27-42(35-51(55)52-36-43(28-32-56(52)59)46-17-10-18-49-48-16-7-9-20-57(48)61-58(46)49)39-23-21-38(22-24-39)41-26-30-54-50(34-41)47-15-6-8-19-53(47)60(54)45-29-25-37-11-4-5-12-40(37)33-45/h2*1-36H. The van der Waals surface area contributed by atoms with Crippen molar-refractivity contribution in [3.63, 3.8) is 0 Å².